The average molecular weight is 686 g/mol. The standard InChI is InChI=1S/C53H35N/c1-5-17-37(18-6-1)50-34-43(35-51(54-50)38-19-7-2-8-20-38)41-28-30-46-48(32-41)52(39-21-9-3-10-22-39)47-31-29-42(33-49(47)53(46)40-23-11-4-12-24-40)45-27-15-25-36-16-13-14-26-44(36)45/h1-35H. The molecule has 9 aromatic carbocycles. The zero-order chi connectivity index (χ0) is 35.8. The second-order valence-corrected chi connectivity index (χ2v) is 13.9. The van der Waals surface area contributed by atoms with Gasteiger partial charge < -0.3 is 0 Å². The smallest absolute Gasteiger partial charge is 0.0715 e. The highest BCUT2D eigenvalue weighted by molar-refractivity contribution is 6.22. The van der Waals surface area contributed by atoms with Gasteiger partial charge in [-0.3, -0.25) is 0 Å². The summed E-state index contributed by atoms with van der Waals surface area (Å²) in [6.45, 7) is 0. The minimum atomic E-state index is 0.958. The molecule has 1 heteroatoms. The first kappa shape index (κ1) is 31.6. The monoisotopic (exact) mass is 685 g/mol. The van der Waals surface area contributed by atoms with Gasteiger partial charge in [-0.25, -0.2) is 4.98 Å². The summed E-state index contributed by atoms with van der Waals surface area (Å²) in [4.78, 5) is 5.17. The maximum atomic E-state index is 5.17. The van der Waals surface area contributed by atoms with Gasteiger partial charge in [-0.1, -0.05) is 188 Å². The van der Waals surface area contributed by atoms with Crippen molar-refractivity contribution >= 4 is 32.3 Å². The lowest BCUT2D eigenvalue weighted by Gasteiger charge is -2.20. The molecule has 252 valence electrons. The van der Waals surface area contributed by atoms with E-state index in [1.54, 1.807) is 0 Å². The molecule has 0 N–H and O–H groups in total. The van der Waals surface area contributed by atoms with Gasteiger partial charge in [0.15, 0.2) is 0 Å². The Kier molecular flexibility index (Phi) is 7.89. The molecule has 0 aliphatic carbocycles. The van der Waals surface area contributed by atoms with E-state index >= 15 is 0 Å². The number of pyridine rings is 1. The van der Waals surface area contributed by atoms with Crippen molar-refractivity contribution in [3.8, 4) is 67.0 Å². The van der Waals surface area contributed by atoms with Crippen LogP contribution in [0.25, 0.3) is 99.3 Å². The number of aromatic nitrogens is 1. The Morgan fingerprint density at radius 3 is 1.24 bits per heavy atom. The third-order valence-corrected chi connectivity index (χ3v) is 10.6. The van der Waals surface area contributed by atoms with E-state index in [-0.39, 0.29) is 0 Å². The quantitative estimate of drug-likeness (QED) is 0.159. The molecule has 0 aliphatic heterocycles. The lowest BCUT2D eigenvalue weighted by Crippen LogP contribution is -1.94. The van der Waals surface area contributed by atoms with E-state index in [4.69, 9.17) is 4.98 Å². The minimum absolute atomic E-state index is 0.958. The van der Waals surface area contributed by atoms with E-state index in [0.29, 0.717) is 0 Å². The first-order valence-corrected chi connectivity index (χ1v) is 18.5. The second-order valence-electron chi connectivity index (χ2n) is 13.9. The lowest BCUT2D eigenvalue weighted by atomic mass is 9.83. The Hall–Kier alpha value is -7.09. The SMILES string of the molecule is c1ccc(-c2cc(-c3ccc4c(-c5ccccc5)c5cc(-c6cccc7ccccc67)ccc5c(-c5ccccc5)c4c3)cc(-c3ccccc3)n2)cc1. The first-order chi connectivity index (χ1) is 26.8. The fourth-order valence-electron chi connectivity index (χ4n) is 8.10. The summed E-state index contributed by atoms with van der Waals surface area (Å²) >= 11 is 0. The largest absolute Gasteiger partial charge is 0.248 e. The summed E-state index contributed by atoms with van der Waals surface area (Å²) in [6.07, 6.45) is 0. The lowest BCUT2D eigenvalue weighted by molar-refractivity contribution is 1.32. The molecule has 1 heterocycles. The summed E-state index contributed by atoms with van der Waals surface area (Å²) in [5.74, 6) is 0. The van der Waals surface area contributed by atoms with Gasteiger partial charge in [0.1, 0.15) is 0 Å². The van der Waals surface area contributed by atoms with Gasteiger partial charge in [0, 0.05) is 11.1 Å². The van der Waals surface area contributed by atoms with Gasteiger partial charge in [-0.05, 0) is 101 Å². The highest BCUT2D eigenvalue weighted by Gasteiger charge is 2.19. The Morgan fingerprint density at radius 2 is 0.685 bits per heavy atom. The normalized spacial score (nSPS) is 11.3. The van der Waals surface area contributed by atoms with Crippen molar-refractivity contribution in [3.63, 3.8) is 0 Å². The van der Waals surface area contributed by atoms with Crippen LogP contribution in [-0.4, -0.2) is 4.98 Å². The molecule has 0 spiro atoms. The minimum Gasteiger partial charge on any atom is -0.248 e. The molecular weight excluding hydrogens is 651 g/mol. The van der Waals surface area contributed by atoms with Crippen LogP contribution in [0.3, 0.4) is 0 Å². The molecule has 0 radical (unpaired) electrons. The molecule has 0 unspecified atom stereocenters. The Morgan fingerprint density at radius 1 is 0.241 bits per heavy atom. The van der Waals surface area contributed by atoms with E-state index < -0.39 is 0 Å². The van der Waals surface area contributed by atoms with Crippen LogP contribution in [0.2, 0.25) is 0 Å². The number of hydrogen-bond acceptors (Lipinski definition) is 1. The number of fused-ring (bicyclic) bond motifs is 3. The van der Waals surface area contributed by atoms with Gasteiger partial charge in [0.2, 0.25) is 0 Å². The molecule has 1 aromatic heterocycles. The molecule has 54 heavy (non-hydrogen) atoms. The predicted molar refractivity (Wildman–Crippen MR) is 229 cm³/mol. The summed E-state index contributed by atoms with van der Waals surface area (Å²) < 4.78 is 0. The number of rotatable bonds is 6. The van der Waals surface area contributed by atoms with E-state index in [1.165, 1.54) is 65.7 Å². The van der Waals surface area contributed by atoms with Crippen molar-refractivity contribution in [2.24, 2.45) is 0 Å². The Labute approximate surface area is 315 Å². The average Bonchev–Trinajstić information content (AvgIpc) is 3.26. The van der Waals surface area contributed by atoms with Crippen molar-refractivity contribution in [1.29, 1.82) is 0 Å². The maximum absolute atomic E-state index is 5.17. The van der Waals surface area contributed by atoms with Crippen molar-refractivity contribution in [3.05, 3.63) is 212 Å². The first-order valence-electron chi connectivity index (χ1n) is 18.5. The summed E-state index contributed by atoms with van der Waals surface area (Å²) in [5, 5.41) is 7.44. The van der Waals surface area contributed by atoms with Crippen LogP contribution in [-0.2, 0) is 0 Å². The molecule has 0 saturated carbocycles. The van der Waals surface area contributed by atoms with Crippen molar-refractivity contribution in [2.45, 2.75) is 0 Å². The Bertz CT molecular complexity index is 2890. The van der Waals surface area contributed by atoms with Crippen LogP contribution in [0.5, 0.6) is 0 Å². The third-order valence-electron chi connectivity index (χ3n) is 10.6. The van der Waals surface area contributed by atoms with Crippen LogP contribution in [0.1, 0.15) is 0 Å². The van der Waals surface area contributed by atoms with E-state index in [0.717, 1.165) is 33.6 Å². The zero-order valence-electron chi connectivity index (χ0n) is 29.7. The van der Waals surface area contributed by atoms with Gasteiger partial charge in [-0.2, -0.15) is 0 Å². The Balaban J connectivity index is 1.28. The van der Waals surface area contributed by atoms with E-state index in [2.05, 4.69) is 212 Å². The second kappa shape index (κ2) is 13.5. The molecule has 10 aromatic rings. The topological polar surface area (TPSA) is 12.9 Å². The van der Waals surface area contributed by atoms with Crippen LogP contribution < -0.4 is 0 Å². The summed E-state index contributed by atoms with van der Waals surface area (Å²) in [7, 11) is 0. The zero-order valence-corrected chi connectivity index (χ0v) is 29.7. The maximum Gasteiger partial charge on any atom is 0.0715 e. The van der Waals surface area contributed by atoms with Crippen LogP contribution in [0, 0.1) is 0 Å². The molecule has 0 fully saturated rings. The van der Waals surface area contributed by atoms with Gasteiger partial charge in [0.05, 0.1) is 11.4 Å². The fourth-order valence-corrected chi connectivity index (χ4v) is 8.10. The molecule has 10 rings (SSSR count). The molecule has 0 amide bonds. The van der Waals surface area contributed by atoms with Crippen molar-refractivity contribution in [1.82, 2.24) is 4.98 Å². The summed E-state index contributed by atoms with van der Waals surface area (Å²) in [6, 6.07) is 76.6. The van der Waals surface area contributed by atoms with E-state index in [9.17, 15) is 0 Å². The molecule has 1 nitrogen and oxygen atoms in total. The molecule has 0 bridgehead atoms. The molecule has 0 saturated heterocycles. The van der Waals surface area contributed by atoms with Crippen LogP contribution >= 0.6 is 0 Å². The highest BCUT2D eigenvalue weighted by atomic mass is 14.7. The molecular formula is C53H35N. The van der Waals surface area contributed by atoms with Gasteiger partial charge >= 0.3 is 0 Å². The number of hydrogen-bond donors (Lipinski definition) is 0. The van der Waals surface area contributed by atoms with E-state index in [1.807, 2.05) is 0 Å². The summed E-state index contributed by atoms with van der Waals surface area (Å²) in [5.41, 5.74) is 13.8. The number of benzene rings is 9. The molecule has 0 atom stereocenters. The van der Waals surface area contributed by atoms with Crippen LogP contribution in [0.4, 0.5) is 0 Å². The highest BCUT2D eigenvalue weighted by Crippen LogP contribution is 2.46. The van der Waals surface area contributed by atoms with Crippen LogP contribution in [0.15, 0.2) is 212 Å². The van der Waals surface area contributed by atoms with Crippen molar-refractivity contribution in [2.75, 3.05) is 0 Å². The predicted octanol–water partition coefficient (Wildman–Crippen LogP) is 14.5. The number of nitrogens with zero attached hydrogens (tertiary/aromatic N) is 1. The van der Waals surface area contributed by atoms with Crippen molar-refractivity contribution < 1.29 is 0 Å². The fraction of sp³-hybridized carbons (Fsp3) is 0. The van der Waals surface area contributed by atoms with Gasteiger partial charge in [-0.15, -0.1) is 0 Å². The molecule has 0 aliphatic rings. The third kappa shape index (κ3) is 5.64. The van der Waals surface area contributed by atoms with Gasteiger partial charge in [0.25, 0.3) is 0 Å².